The Balaban J connectivity index is 1.75. The van der Waals surface area contributed by atoms with Gasteiger partial charge in [0.2, 0.25) is 0 Å². The van der Waals surface area contributed by atoms with Crippen LogP contribution in [0.3, 0.4) is 0 Å². The predicted octanol–water partition coefficient (Wildman–Crippen LogP) is 0.649. The van der Waals surface area contributed by atoms with E-state index in [0.29, 0.717) is 5.82 Å². The average molecular weight is 244 g/mol. The molecule has 0 saturated carbocycles. The number of nitrogens with two attached hydrogens (primary N) is 1. The third-order valence-corrected chi connectivity index (χ3v) is 3.30. The first-order valence-electron chi connectivity index (χ1n) is 6.05. The maximum Gasteiger partial charge on any atom is 0.144 e. The highest BCUT2D eigenvalue weighted by atomic mass is 15.2. The van der Waals surface area contributed by atoms with Crippen molar-refractivity contribution < 1.29 is 0 Å². The third kappa shape index (κ3) is 2.06. The Morgan fingerprint density at radius 2 is 2.39 bits per heavy atom. The van der Waals surface area contributed by atoms with Crippen LogP contribution in [0, 0.1) is 6.92 Å². The molecule has 2 aromatic heterocycles. The van der Waals surface area contributed by atoms with E-state index in [1.54, 1.807) is 12.3 Å². The van der Waals surface area contributed by atoms with Crippen molar-refractivity contribution in [3.8, 4) is 0 Å². The SMILES string of the molecule is Cc1[nH]nc2c1CN(Cc1nccc(N)n1)CC2. The standard InChI is InChI=1S/C12H16N6/c1-8-9-6-18(5-3-10(9)17-16-8)7-12-14-4-2-11(13)15-12/h2,4H,3,5-7H2,1H3,(H,16,17)(H2,13,14,15). The van der Waals surface area contributed by atoms with Gasteiger partial charge in [0.1, 0.15) is 11.6 Å². The van der Waals surface area contributed by atoms with Crippen LogP contribution in [0.4, 0.5) is 5.82 Å². The van der Waals surface area contributed by atoms with E-state index < -0.39 is 0 Å². The lowest BCUT2D eigenvalue weighted by molar-refractivity contribution is 0.238. The molecule has 0 spiro atoms. The first-order valence-corrected chi connectivity index (χ1v) is 6.05. The van der Waals surface area contributed by atoms with E-state index in [-0.39, 0.29) is 0 Å². The van der Waals surface area contributed by atoms with Crippen molar-refractivity contribution in [2.45, 2.75) is 26.4 Å². The Bertz CT molecular complexity index is 561. The molecule has 1 aliphatic heterocycles. The predicted molar refractivity (Wildman–Crippen MR) is 67.6 cm³/mol. The summed E-state index contributed by atoms with van der Waals surface area (Å²) in [4.78, 5) is 10.8. The van der Waals surface area contributed by atoms with Gasteiger partial charge in [0, 0.05) is 37.0 Å². The van der Waals surface area contributed by atoms with Gasteiger partial charge < -0.3 is 5.73 Å². The first-order chi connectivity index (χ1) is 8.72. The lowest BCUT2D eigenvalue weighted by atomic mass is 10.1. The number of nitrogens with zero attached hydrogens (tertiary/aromatic N) is 4. The number of H-pyrrole nitrogens is 1. The van der Waals surface area contributed by atoms with E-state index in [1.807, 2.05) is 0 Å². The fourth-order valence-corrected chi connectivity index (χ4v) is 2.31. The normalized spacial score (nSPS) is 15.6. The minimum atomic E-state index is 0.525. The zero-order valence-electron chi connectivity index (χ0n) is 10.3. The summed E-state index contributed by atoms with van der Waals surface area (Å²) in [6.07, 6.45) is 2.68. The molecule has 0 aromatic carbocycles. The number of aromatic nitrogens is 4. The van der Waals surface area contributed by atoms with Crippen LogP contribution in [0.2, 0.25) is 0 Å². The fraction of sp³-hybridized carbons (Fsp3) is 0.417. The van der Waals surface area contributed by atoms with Crippen molar-refractivity contribution in [2.24, 2.45) is 0 Å². The Kier molecular flexibility index (Phi) is 2.71. The Hall–Kier alpha value is -1.95. The Morgan fingerprint density at radius 1 is 1.50 bits per heavy atom. The molecule has 0 amide bonds. The molecule has 0 atom stereocenters. The van der Waals surface area contributed by atoms with E-state index in [2.05, 4.69) is 32.0 Å². The van der Waals surface area contributed by atoms with E-state index in [9.17, 15) is 0 Å². The van der Waals surface area contributed by atoms with Crippen LogP contribution in [0.15, 0.2) is 12.3 Å². The number of anilines is 1. The summed E-state index contributed by atoms with van der Waals surface area (Å²) < 4.78 is 0. The second kappa shape index (κ2) is 4.38. The van der Waals surface area contributed by atoms with Crippen molar-refractivity contribution in [2.75, 3.05) is 12.3 Å². The van der Waals surface area contributed by atoms with Crippen LogP contribution >= 0.6 is 0 Å². The monoisotopic (exact) mass is 244 g/mol. The zero-order valence-corrected chi connectivity index (χ0v) is 10.3. The van der Waals surface area contributed by atoms with Gasteiger partial charge in [0.15, 0.2) is 0 Å². The van der Waals surface area contributed by atoms with Crippen LogP contribution in [-0.2, 0) is 19.5 Å². The largest absolute Gasteiger partial charge is 0.384 e. The topological polar surface area (TPSA) is 83.7 Å². The molecule has 2 aromatic rings. The molecule has 0 saturated heterocycles. The van der Waals surface area contributed by atoms with Crippen LogP contribution in [0.5, 0.6) is 0 Å². The molecule has 94 valence electrons. The third-order valence-electron chi connectivity index (χ3n) is 3.30. The highest BCUT2D eigenvalue weighted by Crippen LogP contribution is 2.20. The Labute approximate surface area is 105 Å². The van der Waals surface area contributed by atoms with Crippen molar-refractivity contribution in [1.29, 1.82) is 0 Å². The second-order valence-corrected chi connectivity index (χ2v) is 4.63. The molecule has 6 heteroatoms. The lowest BCUT2D eigenvalue weighted by Gasteiger charge is -2.25. The number of aromatic amines is 1. The number of rotatable bonds is 2. The van der Waals surface area contributed by atoms with E-state index in [0.717, 1.165) is 37.6 Å². The number of aryl methyl sites for hydroxylation is 1. The summed E-state index contributed by atoms with van der Waals surface area (Å²) >= 11 is 0. The van der Waals surface area contributed by atoms with Crippen molar-refractivity contribution >= 4 is 5.82 Å². The Morgan fingerprint density at radius 3 is 3.22 bits per heavy atom. The summed E-state index contributed by atoms with van der Waals surface area (Å²) in [6, 6.07) is 1.71. The zero-order chi connectivity index (χ0) is 12.5. The molecule has 0 radical (unpaired) electrons. The molecule has 0 fully saturated rings. The molecule has 18 heavy (non-hydrogen) atoms. The van der Waals surface area contributed by atoms with Gasteiger partial charge in [-0.3, -0.25) is 10.00 Å². The van der Waals surface area contributed by atoms with Gasteiger partial charge in [-0.15, -0.1) is 0 Å². The van der Waals surface area contributed by atoms with Gasteiger partial charge in [-0.25, -0.2) is 9.97 Å². The quantitative estimate of drug-likeness (QED) is 0.810. The van der Waals surface area contributed by atoms with Gasteiger partial charge in [-0.05, 0) is 13.0 Å². The maximum atomic E-state index is 5.66. The summed E-state index contributed by atoms with van der Waals surface area (Å²) in [7, 11) is 0. The number of fused-ring (bicyclic) bond motifs is 1. The minimum absolute atomic E-state index is 0.525. The number of hydrogen-bond donors (Lipinski definition) is 2. The molecule has 0 unspecified atom stereocenters. The summed E-state index contributed by atoms with van der Waals surface area (Å²) in [5.74, 6) is 1.30. The first kappa shape index (κ1) is 11.2. The number of hydrogen-bond acceptors (Lipinski definition) is 5. The van der Waals surface area contributed by atoms with Gasteiger partial charge in [-0.2, -0.15) is 5.10 Å². The van der Waals surface area contributed by atoms with Gasteiger partial charge >= 0.3 is 0 Å². The van der Waals surface area contributed by atoms with E-state index in [1.165, 1.54) is 11.3 Å². The van der Waals surface area contributed by atoms with Gasteiger partial charge in [0.25, 0.3) is 0 Å². The van der Waals surface area contributed by atoms with E-state index in [4.69, 9.17) is 5.73 Å². The van der Waals surface area contributed by atoms with Gasteiger partial charge in [-0.1, -0.05) is 0 Å². The number of nitrogens with one attached hydrogen (secondary N) is 1. The minimum Gasteiger partial charge on any atom is -0.384 e. The molecular weight excluding hydrogens is 228 g/mol. The van der Waals surface area contributed by atoms with E-state index >= 15 is 0 Å². The molecule has 3 N–H and O–H groups in total. The molecule has 0 aliphatic carbocycles. The van der Waals surface area contributed by atoms with Crippen LogP contribution < -0.4 is 5.73 Å². The van der Waals surface area contributed by atoms with Crippen molar-refractivity contribution in [3.63, 3.8) is 0 Å². The summed E-state index contributed by atoms with van der Waals surface area (Å²) in [6.45, 7) is 4.67. The molecule has 3 heterocycles. The lowest BCUT2D eigenvalue weighted by Crippen LogP contribution is -2.30. The van der Waals surface area contributed by atoms with Crippen LogP contribution in [0.25, 0.3) is 0 Å². The second-order valence-electron chi connectivity index (χ2n) is 4.63. The summed E-state index contributed by atoms with van der Waals surface area (Å²) in [5.41, 5.74) is 9.32. The van der Waals surface area contributed by atoms with Crippen LogP contribution in [-0.4, -0.2) is 31.6 Å². The molecule has 1 aliphatic rings. The maximum absolute atomic E-state index is 5.66. The molecule has 3 rings (SSSR count). The summed E-state index contributed by atoms with van der Waals surface area (Å²) in [5, 5.41) is 7.35. The van der Waals surface area contributed by atoms with Crippen molar-refractivity contribution in [1.82, 2.24) is 25.1 Å². The molecule has 0 bridgehead atoms. The highest BCUT2D eigenvalue weighted by Gasteiger charge is 2.21. The number of nitrogen functional groups attached to an aromatic ring is 1. The fourth-order valence-electron chi connectivity index (χ4n) is 2.31. The van der Waals surface area contributed by atoms with Crippen molar-refractivity contribution in [3.05, 3.63) is 35.0 Å². The van der Waals surface area contributed by atoms with Gasteiger partial charge in [0.05, 0.1) is 12.2 Å². The molecule has 6 nitrogen and oxygen atoms in total. The highest BCUT2D eigenvalue weighted by molar-refractivity contribution is 5.27. The average Bonchev–Trinajstić information content (AvgIpc) is 2.71. The van der Waals surface area contributed by atoms with Crippen LogP contribution in [0.1, 0.15) is 22.8 Å². The molecular formula is C12H16N6. The smallest absolute Gasteiger partial charge is 0.144 e.